The Hall–Kier alpha value is -1.98. The van der Waals surface area contributed by atoms with Gasteiger partial charge in [0.05, 0.1) is 28.1 Å². The highest BCUT2D eigenvalue weighted by Crippen LogP contribution is 2.31. The van der Waals surface area contributed by atoms with E-state index in [1.165, 1.54) is 0 Å². The Balaban J connectivity index is 2.00. The molecule has 3 heterocycles. The van der Waals surface area contributed by atoms with Crippen LogP contribution in [0.3, 0.4) is 0 Å². The van der Waals surface area contributed by atoms with Crippen molar-refractivity contribution in [1.82, 2.24) is 14.2 Å². The molecule has 0 bridgehead atoms. The molecule has 6 heteroatoms. The Morgan fingerprint density at radius 3 is 2.50 bits per heavy atom. The van der Waals surface area contributed by atoms with Gasteiger partial charge in [-0.2, -0.15) is 0 Å². The highest BCUT2D eigenvalue weighted by atomic mass is 35.5. The minimum Gasteiger partial charge on any atom is -0.459 e. The van der Waals surface area contributed by atoms with Crippen LogP contribution in [0.2, 0.25) is 5.02 Å². The number of esters is 1. The smallest absolute Gasteiger partial charge is 0.338 e. The molecule has 0 aliphatic carbocycles. The Morgan fingerprint density at radius 2 is 1.93 bits per heavy atom. The molecule has 0 aromatic carbocycles. The highest BCUT2D eigenvalue weighted by Gasteiger charge is 2.26. The molecule has 0 unspecified atom stereocenters. The van der Waals surface area contributed by atoms with Gasteiger partial charge in [0.2, 0.25) is 0 Å². The van der Waals surface area contributed by atoms with Gasteiger partial charge in [-0.25, -0.2) is 4.79 Å². The van der Waals surface area contributed by atoms with Gasteiger partial charge in [-0.05, 0) is 65.4 Å². The molecule has 3 rings (SSSR count). The predicted molar refractivity (Wildman–Crippen MR) is 115 cm³/mol. The summed E-state index contributed by atoms with van der Waals surface area (Å²) in [4.78, 5) is 17.3. The van der Waals surface area contributed by atoms with E-state index in [2.05, 4.69) is 30.5 Å². The number of carbonyl (C=O) groups is 1. The monoisotopic (exact) mass is 403 g/mol. The van der Waals surface area contributed by atoms with Crippen molar-refractivity contribution in [1.29, 1.82) is 0 Å². The molecular formula is C22H30ClN3O2. The van der Waals surface area contributed by atoms with Crippen molar-refractivity contribution in [3.63, 3.8) is 0 Å². The number of halogens is 1. The zero-order valence-electron chi connectivity index (χ0n) is 17.5. The van der Waals surface area contributed by atoms with E-state index in [0.29, 0.717) is 16.6 Å². The third kappa shape index (κ3) is 4.06. The average Bonchev–Trinajstić information content (AvgIpc) is 2.99. The topological polar surface area (TPSA) is 37.2 Å². The van der Waals surface area contributed by atoms with Crippen LogP contribution in [0.15, 0.2) is 24.9 Å². The van der Waals surface area contributed by atoms with Crippen LogP contribution in [0.4, 0.5) is 0 Å². The van der Waals surface area contributed by atoms with E-state index in [1.54, 1.807) is 0 Å². The normalized spacial score (nSPS) is 15.6. The molecule has 1 saturated heterocycles. The van der Waals surface area contributed by atoms with Gasteiger partial charge in [-0.15, -0.1) is 0 Å². The predicted octanol–water partition coefficient (Wildman–Crippen LogP) is 4.46. The first-order valence-corrected chi connectivity index (χ1v) is 10.2. The fourth-order valence-corrected chi connectivity index (χ4v) is 4.17. The van der Waals surface area contributed by atoms with E-state index in [0.717, 1.165) is 48.4 Å². The van der Waals surface area contributed by atoms with Crippen molar-refractivity contribution in [2.45, 2.75) is 45.8 Å². The Labute approximate surface area is 172 Å². The number of ether oxygens (including phenoxy) is 1. The molecule has 152 valence electrons. The quantitative estimate of drug-likeness (QED) is 0.690. The lowest BCUT2D eigenvalue weighted by Crippen LogP contribution is -2.41. The average molecular weight is 404 g/mol. The summed E-state index contributed by atoms with van der Waals surface area (Å²) in [5, 5.41) is 0.633. The van der Waals surface area contributed by atoms with Gasteiger partial charge in [-0.3, -0.25) is 0 Å². The van der Waals surface area contributed by atoms with E-state index >= 15 is 0 Å². The summed E-state index contributed by atoms with van der Waals surface area (Å²) in [6, 6.07) is 4.31. The number of hydrogen-bond donors (Lipinski definition) is 0. The minimum absolute atomic E-state index is 0.171. The Bertz CT molecular complexity index is 893. The van der Waals surface area contributed by atoms with Gasteiger partial charge in [-0.1, -0.05) is 18.2 Å². The van der Waals surface area contributed by atoms with Gasteiger partial charge >= 0.3 is 5.97 Å². The second-order valence-electron chi connectivity index (χ2n) is 8.07. The molecule has 0 N–H and O–H groups in total. The zero-order valence-corrected chi connectivity index (χ0v) is 18.2. The number of piperidine rings is 1. The number of aromatic nitrogens is 1. The number of fused-ring (bicyclic) bond motifs is 1. The molecule has 1 aliphatic rings. The maximum atomic E-state index is 12.7. The fourth-order valence-electron chi connectivity index (χ4n) is 3.96. The lowest BCUT2D eigenvalue weighted by atomic mass is 10.0. The zero-order chi connectivity index (χ0) is 20.6. The maximum Gasteiger partial charge on any atom is 0.338 e. The molecule has 0 spiro atoms. The number of nitrogens with zero attached hydrogens (tertiary/aromatic N) is 3. The third-order valence-electron chi connectivity index (χ3n) is 5.52. The molecule has 2 aromatic rings. The number of carbonyl (C=O) groups excluding carboxylic acids is 1. The van der Waals surface area contributed by atoms with Crippen LogP contribution in [0.5, 0.6) is 0 Å². The number of likely N-dealkylation sites (tertiary alicyclic amines) is 1. The highest BCUT2D eigenvalue weighted by molar-refractivity contribution is 6.31. The molecule has 28 heavy (non-hydrogen) atoms. The van der Waals surface area contributed by atoms with E-state index in [4.69, 9.17) is 16.3 Å². The van der Waals surface area contributed by atoms with Crippen molar-refractivity contribution < 1.29 is 9.53 Å². The summed E-state index contributed by atoms with van der Waals surface area (Å²) in [7, 11) is 4.27. The van der Waals surface area contributed by atoms with Crippen molar-refractivity contribution in [3.05, 3.63) is 46.8 Å². The Kier molecular flexibility index (Phi) is 6.06. The summed E-state index contributed by atoms with van der Waals surface area (Å²) in [6.45, 7) is 11.9. The minimum atomic E-state index is -0.312. The van der Waals surface area contributed by atoms with Crippen LogP contribution in [0.1, 0.15) is 48.3 Å². The first-order chi connectivity index (χ1) is 13.2. The van der Waals surface area contributed by atoms with Crippen molar-refractivity contribution >= 4 is 28.8 Å². The maximum absolute atomic E-state index is 12.7. The second kappa shape index (κ2) is 8.18. The van der Waals surface area contributed by atoms with E-state index < -0.39 is 0 Å². The molecule has 0 radical (unpaired) electrons. The molecule has 2 aromatic heterocycles. The summed E-state index contributed by atoms with van der Waals surface area (Å²) in [6.07, 6.45) is 3.90. The van der Waals surface area contributed by atoms with E-state index in [-0.39, 0.29) is 12.1 Å². The first-order valence-electron chi connectivity index (χ1n) is 9.82. The van der Waals surface area contributed by atoms with Crippen LogP contribution in [-0.2, 0) is 4.74 Å². The Morgan fingerprint density at radius 1 is 1.29 bits per heavy atom. The van der Waals surface area contributed by atoms with Crippen molar-refractivity contribution in [2.75, 3.05) is 27.2 Å². The summed E-state index contributed by atoms with van der Waals surface area (Å²) < 4.78 is 7.50. The molecule has 1 aliphatic heterocycles. The van der Waals surface area contributed by atoms with Gasteiger partial charge in [0.1, 0.15) is 0 Å². The van der Waals surface area contributed by atoms with Crippen LogP contribution < -0.4 is 0 Å². The van der Waals surface area contributed by atoms with Crippen LogP contribution >= 0.6 is 11.6 Å². The van der Waals surface area contributed by atoms with Gasteiger partial charge < -0.3 is 18.9 Å². The largest absolute Gasteiger partial charge is 0.459 e. The second-order valence-corrected chi connectivity index (χ2v) is 8.50. The lowest BCUT2D eigenvalue weighted by Gasteiger charge is -2.38. The van der Waals surface area contributed by atoms with Gasteiger partial charge in [0.15, 0.2) is 0 Å². The standard InChI is InChI=1S/C22H30ClN3O2/c1-14(2)28-22(27)20-12-19-11-17(23)13-26(19)21(15(20)3)16(4)25-9-7-18(8-10-25)24(5)6/h11-14,18H,4,7-10H2,1-3,5-6H3. The SMILES string of the molecule is C=C(c1c(C)c(C(=O)OC(C)C)cc2cc(Cl)cn12)N1CCC(N(C)C)CC1. The fraction of sp³-hybridized carbons (Fsp3) is 0.500. The summed E-state index contributed by atoms with van der Waals surface area (Å²) in [5.41, 5.74) is 4.14. The number of hydrogen-bond acceptors (Lipinski definition) is 4. The van der Waals surface area contributed by atoms with E-state index in [1.807, 2.05) is 43.5 Å². The molecule has 0 saturated carbocycles. The number of rotatable bonds is 5. The van der Waals surface area contributed by atoms with Crippen molar-refractivity contribution in [3.8, 4) is 0 Å². The van der Waals surface area contributed by atoms with Crippen molar-refractivity contribution in [2.24, 2.45) is 0 Å². The van der Waals surface area contributed by atoms with Crippen LogP contribution in [-0.4, -0.2) is 59.5 Å². The molecule has 0 atom stereocenters. The molecule has 1 fully saturated rings. The molecule has 0 amide bonds. The van der Waals surface area contributed by atoms with Crippen LogP contribution in [0, 0.1) is 6.92 Å². The third-order valence-corrected chi connectivity index (χ3v) is 5.73. The molecule has 5 nitrogen and oxygen atoms in total. The lowest BCUT2D eigenvalue weighted by molar-refractivity contribution is 0.0377. The van der Waals surface area contributed by atoms with Gasteiger partial charge in [0, 0.05) is 30.8 Å². The first kappa shape index (κ1) is 20.7. The summed E-state index contributed by atoms with van der Waals surface area (Å²) >= 11 is 6.28. The summed E-state index contributed by atoms with van der Waals surface area (Å²) in [5.74, 6) is -0.312. The number of pyridine rings is 1. The van der Waals surface area contributed by atoms with Gasteiger partial charge in [0.25, 0.3) is 0 Å². The molecular weight excluding hydrogens is 374 g/mol. The van der Waals surface area contributed by atoms with E-state index in [9.17, 15) is 4.79 Å². The van der Waals surface area contributed by atoms with Crippen LogP contribution in [0.25, 0.3) is 11.2 Å².